The first-order chi connectivity index (χ1) is 5.83. The third kappa shape index (κ3) is 3.11. The van der Waals surface area contributed by atoms with Crippen molar-refractivity contribution in [2.45, 2.75) is 0 Å². The SMILES string of the molecule is CNCC=Cc1ncc(Br)cn1. The Morgan fingerprint density at radius 1 is 1.50 bits per heavy atom. The molecule has 0 unspecified atom stereocenters. The first-order valence-corrected chi connectivity index (χ1v) is 4.41. The van der Waals surface area contributed by atoms with E-state index >= 15 is 0 Å². The summed E-state index contributed by atoms with van der Waals surface area (Å²) in [4.78, 5) is 8.16. The van der Waals surface area contributed by atoms with Crippen LogP contribution in [0.1, 0.15) is 5.82 Å². The standard InChI is InChI=1S/C8H10BrN3/c1-10-4-2-3-8-11-5-7(9)6-12-8/h2-3,5-6,10H,4H2,1H3. The van der Waals surface area contributed by atoms with E-state index in [0.717, 1.165) is 16.8 Å². The van der Waals surface area contributed by atoms with Crippen LogP contribution in [-0.2, 0) is 0 Å². The molecule has 0 spiro atoms. The van der Waals surface area contributed by atoms with E-state index in [1.54, 1.807) is 12.4 Å². The summed E-state index contributed by atoms with van der Waals surface area (Å²) in [5.74, 6) is 0.730. The fourth-order valence-corrected chi connectivity index (χ4v) is 0.895. The minimum atomic E-state index is 0.730. The molecule has 0 aliphatic rings. The van der Waals surface area contributed by atoms with Crippen molar-refractivity contribution in [2.24, 2.45) is 0 Å². The molecule has 0 atom stereocenters. The maximum absolute atomic E-state index is 4.08. The van der Waals surface area contributed by atoms with Crippen molar-refractivity contribution in [2.75, 3.05) is 13.6 Å². The molecule has 12 heavy (non-hydrogen) atoms. The van der Waals surface area contributed by atoms with E-state index < -0.39 is 0 Å². The van der Waals surface area contributed by atoms with E-state index in [0.29, 0.717) is 0 Å². The second-order valence-electron chi connectivity index (χ2n) is 2.22. The van der Waals surface area contributed by atoms with E-state index in [-0.39, 0.29) is 0 Å². The molecule has 0 bridgehead atoms. The molecule has 3 nitrogen and oxygen atoms in total. The van der Waals surface area contributed by atoms with E-state index in [2.05, 4.69) is 31.2 Å². The molecule has 0 aromatic carbocycles. The molecular weight excluding hydrogens is 218 g/mol. The van der Waals surface area contributed by atoms with Crippen LogP contribution in [0.3, 0.4) is 0 Å². The highest BCUT2D eigenvalue weighted by molar-refractivity contribution is 9.10. The number of nitrogens with zero attached hydrogens (tertiary/aromatic N) is 2. The second kappa shape index (κ2) is 5.00. The lowest BCUT2D eigenvalue weighted by atomic mass is 10.4. The van der Waals surface area contributed by atoms with Gasteiger partial charge >= 0.3 is 0 Å². The van der Waals surface area contributed by atoms with Crippen LogP contribution in [-0.4, -0.2) is 23.6 Å². The summed E-state index contributed by atoms with van der Waals surface area (Å²) in [5.41, 5.74) is 0. The van der Waals surface area contributed by atoms with Gasteiger partial charge in [0.15, 0.2) is 5.82 Å². The quantitative estimate of drug-likeness (QED) is 0.851. The minimum Gasteiger partial charge on any atom is -0.316 e. The Kier molecular flexibility index (Phi) is 3.90. The predicted octanol–water partition coefficient (Wildman–Crippen LogP) is 1.47. The monoisotopic (exact) mass is 227 g/mol. The zero-order valence-electron chi connectivity index (χ0n) is 6.79. The van der Waals surface area contributed by atoms with Crippen LogP contribution >= 0.6 is 15.9 Å². The molecule has 1 N–H and O–H groups in total. The molecular formula is C8H10BrN3. The number of likely N-dealkylation sites (N-methyl/N-ethyl adjacent to an activating group) is 1. The number of hydrogen-bond donors (Lipinski definition) is 1. The van der Waals surface area contributed by atoms with Gasteiger partial charge in [-0.25, -0.2) is 9.97 Å². The molecule has 0 saturated heterocycles. The summed E-state index contributed by atoms with van der Waals surface area (Å²) >= 11 is 3.27. The molecule has 0 aliphatic carbocycles. The first kappa shape index (κ1) is 9.35. The fraction of sp³-hybridized carbons (Fsp3) is 0.250. The van der Waals surface area contributed by atoms with Crippen LogP contribution in [0.5, 0.6) is 0 Å². The van der Waals surface area contributed by atoms with Gasteiger partial charge in [-0.1, -0.05) is 6.08 Å². The summed E-state index contributed by atoms with van der Waals surface area (Å²) in [5, 5.41) is 3.00. The van der Waals surface area contributed by atoms with Gasteiger partial charge in [-0.15, -0.1) is 0 Å². The van der Waals surface area contributed by atoms with Crippen molar-refractivity contribution >= 4 is 22.0 Å². The Morgan fingerprint density at radius 2 is 2.17 bits per heavy atom. The van der Waals surface area contributed by atoms with E-state index in [9.17, 15) is 0 Å². The first-order valence-electron chi connectivity index (χ1n) is 3.61. The molecule has 4 heteroatoms. The van der Waals surface area contributed by atoms with Gasteiger partial charge < -0.3 is 5.32 Å². The molecule has 64 valence electrons. The van der Waals surface area contributed by atoms with Crippen LogP contribution in [0, 0.1) is 0 Å². The third-order valence-electron chi connectivity index (χ3n) is 1.23. The number of aromatic nitrogens is 2. The molecule has 1 rings (SSSR count). The summed E-state index contributed by atoms with van der Waals surface area (Å²) < 4.78 is 0.897. The zero-order chi connectivity index (χ0) is 8.81. The number of halogens is 1. The smallest absolute Gasteiger partial charge is 0.151 e. The Morgan fingerprint density at radius 3 is 2.75 bits per heavy atom. The highest BCUT2D eigenvalue weighted by Gasteiger charge is 1.88. The molecule has 1 aromatic rings. The zero-order valence-corrected chi connectivity index (χ0v) is 8.37. The van der Waals surface area contributed by atoms with Crippen molar-refractivity contribution in [3.05, 3.63) is 28.8 Å². The van der Waals surface area contributed by atoms with Gasteiger partial charge in [0, 0.05) is 18.9 Å². The van der Waals surface area contributed by atoms with Crippen LogP contribution in [0.15, 0.2) is 22.9 Å². The summed E-state index contributed by atoms with van der Waals surface area (Å²) in [7, 11) is 1.90. The van der Waals surface area contributed by atoms with Gasteiger partial charge in [0.2, 0.25) is 0 Å². The molecule has 0 radical (unpaired) electrons. The number of nitrogens with one attached hydrogen (secondary N) is 1. The van der Waals surface area contributed by atoms with Crippen molar-refractivity contribution in [1.29, 1.82) is 0 Å². The average Bonchev–Trinajstić information content (AvgIpc) is 2.09. The lowest BCUT2D eigenvalue weighted by Gasteiger charge is -1.91. The van der Waals surface area contributed by atoms with Crippen molar-refractivity contribution in [3.8, 4) is 0 Å². The second-order valence-corrected chi connectivity index (χ2v) is 3.14. The largest absolute Gasteiger partial charge is 0.316 e. The Labute approximate surface area is 80.1 Å². The molecule has 0 saturated carbocycles. The molecule has 0 fully saturated rings. The Hall–Kier alpha value is -0.740. The maximum atomic E-state index is 4.08. The predicted molar refractivity (Wildman–Crippen MR) is 52.7 cm³/mol. The maximum Gasteiger partial charge on any atom is 0.151 e. The van der Waals surface area contributed by atoms with Crippen LogP contribution < -0.4 is 5.32 Å². The number of rotatable bonds is 3. The number of hydrogen-bond acceptors (Lipinski definition) is 3. The van der Waals surface area contributed by atoms with E-state index in [4.69, 9.17) is 0 Å². The molecule has 1 aromatic heterocycles. The van der Waals surface area contributed by atoms with E-state index in [1.165, 1.54) is 0 Å². The summed E-state index contributed by atoms with van der Waals surface area (Å²) in [6.07, 6.45) is 7.31. The summed E-state index contributed by atoms with van der Waals surface area (Å²) in [6.45, 7) is 0.833. The van der Waals surface area contributed by atoms with Gasteiger partial charge in [-0.3, -0.25) is 0 Å². The van der Waals surface area contributed by atoms with Crippen LogP contribution in [0.4, 0.5) is 0 Å². The Balaban J connectivity index is 2.58. The molecule has 0 aliphatic heterocycles. The van der Waals surface area contributed by atoms with Crippen molar-refractivity contribution < 1.29 is 0 Å². The van der Waals surface area contributed by atoms with Gasteiger partial charge in [-0.05, 0) is 29.1 Å². The highest BCUT2D eigenvalue weighted by Crippen LogP contribution is 2.04. The third-order valence-corrected chi connectivity index (χ3v) is 1.64. The lowest BCUT2D eigenvalue weighted by molar-refractivity contribution is 0.921. The summed E-state index contributed by atoms with van der Waals surface area (Å²) in [6, 6.07) is 0. The van der Waals surface area contributed by atoms with Gasteiger partial charge in [0.05, 0.1) is 4.47 Å². The van der Waals surface area contributed by atoms with Crippen molar-refractivity contribution in [3.63, 3.8) is 0 Å². The normalized spacial score (nSPS) is 10.8. The van der Waals surface area contributed by atoms with Crippen LogP contribution in [0.2, 0.25) is 0 Å². The van der Waals surface area contributed by atoms with Gasteiger partial charge in [0.1, 0.15) is 0 Å². The topological polar surface area (TPSA) is 37.8 Å². The average molecular weight is 228 g/mol. The van der Waals surface area contributed by atoms with Crippen molar-refractivity contribution in [1.82, 2.24) is 15.3 Å². The lowest BCUT2D eigenvalue weighted by Crippen LogP contribution is -2.03. The van der Waals surface area contributed by atoms with Crippen LogP contribution in [0.25, 0.3) is 6.08 Å². The fourth-order valence-electron chi connectivity index (χ4n) is 0.691. The van der Waals surface area contributed by atoms with E-state index in [1.807, 2.05) is 19.2 Å². The molecule has 1 heterocycles. The highest BCUT2D eigenvalue weighted by atomic mass is 79.9. The Bertz CT molecular complexity index is 256. The molecule has 0 amide bonds. The van der Waals surface area contributed by atoms with Gasteiger partial charge in [0.25, 0.3) is 0 Å². The van der Waals surface area contributed by atoms with Gasteiger partial charge in [-0.2, -0.15) is 0 Å². The minimum absolute atomic E-state index is 0.730.